The molecule has 1 aliphatic rings. The number of carboxylic acid groups (broad SMARTS) is 1. The van der Waals surface area contributed by atoms with Gasteiger partial charge in [0.2, 0.25) is 0 Å². The number of aromatic carboxylic acids is 1. The van der Waals surface area contributed by atoms with Gasteiger partial charge in [0.1, 0.15) is 0 Å². The fourth-order valence-electron chi connectivity index (χ4n) is 2.59. The minimum Gasteiger partial charge on any atom is -0.478 e. The Hall–Kier alpha value is -1.35. The first-order valence-electron chi connectivity index (χ1n) is 6.93. The van der Waals surface area contributed by atoms with E-state index in [1.54, 1.807) is 6.07 Å². The van der Waals surface area contributed by atoms with Crippen LogP contribution < -0.4 is 0 Å². The van der Waals surface area contributed by atoms with Crippen LogP contribution in [0.15, 0.2) is 18.2 Å². The second kappa shape index (κ2) is 5.33. The largest absolute Gasteiger partial charge is 0.478 e. The van der Waals surface area contributed by atoms with E-state index in [0.29, 0.717) is 11.0 Å². The van der Waals surface area contributed by atoms with Gasteiger partial charge in [-0.15, -0.1) is 0 Å². The smallest absolute Gasteiger partial charge is 0.335 e. The van der Waals surface area contributed by atoms with Crippen molar-refractivity contribution in [1.29, 1.82) is 0 Å². The van der Waals surface area contributed by atoms with Crippen LogP contribution in [0, 0.1) is 5.41 Å². The number of hydrogen-bond donors (Lipinski definition) is 1. The van der Waals surface area contributed by atoms with E-state index >= 15 is 0 Å². The van der Waals surface area contributed by atoms with Crippen LogP contribution in [-0.2, 0) is 13.1 Å². The number of benzene rings is 1. The molecular formula is C16H23NO2. The molecule has 0 aromatic heterocycles. The molecule has 19 heavy (non-hydrogen) atoms. The van der Waals surface area contributed by atoms with Crippen LogP contribution in [0.3, 0.4) is 0 Å². The lowest BCUT2D eigenvalue weighted by Crippen LogP contribution is -2.19. The summed E-state index contributed by atoms with van der Waals surface area (Å²) in [4.78, 5) is 13.4. The molecule has 1 N–H and O–H groups in total. The lowest BCUT2D eigenvalue weighted by Gasteiger charge is -2.20. The van der Waals surface area contributed by atoms with Crippen molar-refractivity contribution >= 4 is 5.97 Å². The SMILES string of the molecule is CC(C)(C)CCCN1Cc2ccc(C(=O)O)cc2C1. The Kier molecular flexibility index (Phi) is 3.95. The van der Waals surface area contributed by atoms with Crippen molar-refractivity contribution < 1.29 is 9.90 Å². The van der Waals surface area contributed by atoms with Crippen molar-refractivity contribution in [2.75, 3.05) is 6.54 Å². The third kappa shape index (κ3) is 3.80. The number of carbonyl (C=O) groups is 1. The monoisotopic (exact) mass is 261 g/mol. The zero-order chi connectivity index (χ0) is 14.0. The number of carboxylic acids is 1. The first-order valence-corrected chi connectivity index (χ1v) is 6.93. The summed E-state index contributed by atoms with van der Waals surface area (Å²) in [6.07, 6.45) is 2.42. The van der Waals surface area contributed by atoms with Crippen molar-refractivity contribution in [3.05, 3.63) is 34.9 Å². The van der Waals surface area contributed by atoms with Gasteiger partial charge >= 0.3 is 5.97 Å². The van der Waals surface area contributed by atoms with Crippen molar-refractivity contribution in [2.45, 2.75) is 46.7 Å². The Balaban J connectivity index is 1.91. The molecule has 0 fully saturated rings. The summed E-state index contributed by atoms with van der Waals surface area (Å²) >= 11 is 0. The van der Waals surface area contributed by atoms with E-state index in [4.69, 9.17) is 5.11 Å². The summed E-state index contributed by atoms with van der Waals surface area (Å²) in [5, 5.41) is 9.00. The van der Waals surface area contributed by atoms with E-state index in [1.165, 1.54) is 24.0 Å². The Labute approximate surface area is 115 Å². The van der Waals surface area contributed by atoms with Crippen LogP contribution in [0.5, 0.6) is 0 Å². The van der Waals surface area contributed by atoms with Crippen molar-refractivity contribution in [2.24, 2.45) is 5.41 Å². The first-order chi connectivity index (χ1) is 8.85. The number of nitrogens with zero attached hydrogens (tertiary/aromatic N) is 1. The van der Waals surface area contributed by atoms with Gasteiger partial charge in [0.05, 0.1) is 5.56 Å². The number of fused-ring (bicyclic) bond motifs is 1. The summed E-state index contributed by atoms with van der Waals surface area (Å²) in [7, 11) is 0. The van der Waals surface area contributed by atoms with Gasteiger partial charge in [-0.1, -0.05) is 26.8 Å². The van der Waals surface area contributed by atoms with Crippen molar-refractivity contribution in [3.63, 3.8) is 0 Å². The summed E-state index contributed by atoms with van der Waals surface area (Å²) in [5.41, 5.74) is 3.25. The molecule has 3 nitrogen and oxygen atoms in total. The van der Waals surface area contributed by atoms with E-state index < -0.39 is 5.97 Å². The summed E-state index contributed by atoms with van der Waals surface area (Å²) in [6.45, 7) is 9.74. The van der Waals surface area contributed by atoms with Gasteiger partial charge in [-0.25, -0.2) is 4.79 Å². The molecule has 3 heteroatoms. The summed E-state index contributed by atoms with van der Waals surface area (Å²) in [6, 6.07) is 5.49. The number of hydrogen-bond acceptors (Lipinski definition) is 2. The van der Waals surface area contributed by atoms with Gasteiger partial charge in [-0.3, -0.25) is 4.90 Å². The molecule has 0 bridgehead atoms. The fraction of sp³-hybridized carbons (Fsp3) is 0.562. The minimum atomic E-state index is -0.839. The summed E-state index contributed by atoms with van der Waals surface area (Å²) in [5.74, 6) is -0.839. The molecule has 104 valence electrons. The normalized spacial score (nSPS) is 15.5. The average molecular weight is 261 g/mol. The quantitative estimate of drug-likeness (QED) is 0.901. The molecule has 0 saturated heterocycles. The maximum atomic E-state index is 11.0. The van der Waals surface area contributed by atoms with Crippen LogP contribution in [0.25, 0.3) is 0 Å². The molecule has 1 aliphatic heterocycles. The van der Waals surface area contributed by atoms with Crippen LogP contribution >= 0.6 is 0 Å². The molecule has 2 rings (SSSR count). The lowest BCUT2D eigenvalue weighted by atomic mass is 9.90. The van der Waals surface area contributed by atoms with Crippen molar-refractivity contribution in [1.82, 2.24) is 4.90 Å². The average Bonchev–Trinajstić information content (AvgIpc) is 2.68. The molecule has 0 saturated carbocycles. The van der Waals surface area contributed by atoms with E-state index in [2.05, 4.69) is 25.7 Å². The fourth-order valence-corrected chi connectivity index (χ4v) is 2.59. The molecule has 1 aromatic rings. The van der Waals surface area contributed by atoms with E-state index in [1.807, 2.05) is 12.1 Å². The van der Waals surface area contributed by atoms with Gasteiger partial charge in [0.25, 0.3) is 0 Å². The lowest BCUT2D eigenvalue weighted by molar-refractivity contribution is 0.0696. The minimum absolute atomic E-state index is 0.392. The third-order valence-corrected chi connectivity index (χ3v) is 3.64. The second-order valence-corrected chi connectivity index (χ2v) is 6.66. The van der Waals surface area contributed by atoms with Gasteiger partial charge < -0.3 is 5.11 Å². The highest BCUT2D eigenvalue weighted by Gasteiger charge is 2.20. The maximum absolute atomic E-state index is 11.0. The highest BCUT2D eigenvalue weighted by molar-refractivity contribution is 5.87. The topological polar surface area (TPSA) is 40.5 Å². The predicted octanol–water partition coefficient (Wildman–Crippen LogP) is 3.53. The van der Waals surface area contributed by atoms with E-state index in [-0.39, 0.29) is 0 Å². The van der Waals surface area contributed by atoms with Gasteiger partial charge in [0, 0.05) is 13.1 Å². The van der Waals surface area contributed by atoms with Gasteiger partial charge in [0.15, 0.2) is 0 Å². The Morgan fingerprint density at radius 1 is 1.26 bits per heavy atom. The highest BCUT2D eigenvalue weighted by Crippen LogP contribution is 2.26. The molecule has 0 aliphatic carbocycles. The standard InChI is InChI=1S/C16H23NO2/c1-16(2,3)7-4-8-17-10-13-6-5-12(15(18)19)9-14(13)11-17/h5-6,9H,4,7-8,10-11H2,1-3H3,(H,18,19). The zero-order valence-corrected chi connectivity index (χ0v) is 12.1. The van der Waals surface area contributed by atoms with Crippen LogP contribution in [0.2, 0.25) is 0 Å². The molecule has 0 spiro atoms. The Morgan fingerprint density at radius 2 is 1.95 bits per heavy atom. The van der Waals surface area contributed by atoms with Gasteiger partial charge in [-0.2, -0.15) is 0 Å². The molecule has 0 atom stereocenters. The van der Waals surface area contributed by atoms with Crippen LogP contribution in [-0.4, -0.2) is 22.5 Å². The summed E-state index contributed by atoms with van der Waals surface area (Å²) < 4.78 is 0. The van der Waals surface area contributed by atoms with E-state index in [9.17, 15) is 4.79 Å². The molecule has 1 heterocycles. The maximum Gasteiger partial charge on any atom is 0.335 e. The Bertz CT molecular complexity index is 474. The van der Waals surface area contributed by atoms with Gasteiger partial charge in [-0.05, 0) is 48.1 Å². The Morgan fingerprint density at radius 3 is 2.58 bits per heavy atom. The molecule has 1 aromatic carbocycles. The second-order valence-electron chi connectivity index (χ2n) is 6.66. The zero-order valence-electron chi connectivity index (χ0n) is 12.1. The van der Waals surface area contributed by atoms with E-state index in [0.717, 1.165) is 19.6 Å². The van der Waals surface area contributed by atoms with Crippen LogP contribution in [0.1, 0.15) is 55.1 Å². The highest BCUT2D eigenvalue weighted by atomic mass is 16.4. The molecular weight excluding hydrogens is 238 g/mol. The first kappa shape index (κ1) is 14.1. The molecule has 0 unspecified atom stereocenters. The third-order valence-electron chi connectivity index (χ3n) is 3.64. The molecule has 0 amide bonds. The molecule has 0 radical (unpaired) electrons. The van der Waals surface area contributed by atoms with Crippen LogP contribution in [0.4, 0.5) is 0 Å². The predicted molar refractivity (Wildman–Crippen MR) is 76.2 cm³/mol. The van der Waals surface area contributed by atoms with Crippen molar-refractivity contribution in [3.8, 4) is 0 Å². The number of rotatable bonds is 4.